The summed E-state index contributed by atoms with van der Waals surface area (Å²) in [6.45, 7) is 6.75. The quantitative estimate of drug-likeness (QED) is 0.655. The average molecular weight is 265 g/mol. The minimum atomic E-state index is -0.433. The largest absolute Gasteiger partial charge is 0.392 e. The van der Waals surface area contributed by atoms with Gasteiger partial charge in [0.25, 0.3) is 5.69 Å². The van der Waals surface area contributed by atoms with Crippen LogP contribution in [0.3, 0.4) is 0 Å². The van der Waals surface area contributed by atoms with Crippen molar-refractivity contribution < 1.29 is 10.0 Å². The summed E-state index contributed by atoms with van der Waals surface area (Å²) in [5.41, 5.74) is 1.56. The lowest BCUT2D eigenvalue weighted by molar-refractivity contribution is -0.384. The predicted octanol–water partition coefficient (Wildman–Crippen LogP) is 1.23. The van der Waals surface area contributed by atoms with Crippen LogP contribution in [0.5, 0.6) is 0 Å². The zero-order chi connectivity index (χ0) is 13.8. The Morgan fingerprint density at radius 1 is 1.32 bits per heavy atom. The van der Waals surface area contributed by atoms with E-state index in [2.05, 4.69) is 16.7 Å². The number of hydrogen-bond acceptors (Lipinski definition) is 5. The van der Waals surface area contributed by atoms with Crippen LogP contribution in [-0.2, 0) is 6.61 Å². The second kappa shape index (κ2) is 5.99. The highest BCUT2D eigenvalue weighted by Crippen LogP contribution is 2.26. The van der Waals surface area contributed by atoms with Crippen LogP contribution in [0, 0.1) is 10.1 Å². The van der Waals surface area contributed by atoms with Crippen molar-refractivity contribution in [3.8, 4) is 0 Å². The Balaban J connectivity index is 2.18. The van der Waals surface area contributed by atoms with Crippen LogP contribution in [0.25, 0.3) is 0 Å². The topological polar surface area (TPSA) is 69.9 Å². The van der Waals surface area contributed by atoms with E-state index in [1.165, 1.54) is 12.1 Å². The molecule has 0 aromatic heterocycles. The number of hydrogen-bond donors (Lipinski definition) is 1. The second-order valence-electron chi connectivity index (χ2n) is 4.65. The van der Waals surface area contributed by atoms with Crippen LogP contribution in [0.2, 0.25) is 0 Å². The third-order valence-electron chi connectivity index (χ3n) is 3.60. The highest BCUT2D eigenvalue weighted by molar-refractivity contribution is 5.58. The third-order valence-corrected chi connectivity index (χ3v) is 3.60. The fourth-order valence-electron chi connectivity index (χ4n) is 2.43. The molecular weight excluding hydrogens is 246 g/mol. The molecular formula is C13H19N3O3. The number of benzene rings is 1. The molecule has 0 amide bonds. The number of nitro groups is 1. The molecule has 0 aliphatic carbocycles. The summed E-state index contributed by atoms with van der Waals surface area (Å²) in [6.07, 6.45) is 0. The summed E-state index contributed by atoms with van der Waals surface area (Å²) in [7, 11) is 0. The Labute approximate surface area is 112 Å². The summed E-state index contributed by atoms with van der Waals surface area (Å²) in [5.74, 6) is 0. The molecule has 1 fully saturated rings. The number of aliphatic hydroxyl groups excluding tert-OH is 1. The first-order chi connectivity index (χ1) is 9.15. The zero-order valence-corrected chi connectivity index (χ0v) is 11.1. The van der Waals surface area contributed by atoms with Crippen molar-refractivity contribution in [2.24, 2.45) is 0 Å². The Morgan fingerprint density at radius 3 is 2.53 bits per heavy atom. The highest BCUT2D eigenvalue weighted by atomic mass is 16.6. The lowest BCUT2D eigenvalue weighted by Crippen LogP contribution is -2.46. The minimum Gasteiger partial charge on any atom is -0.392 e. The molecule has 0 bridgehead atoms. The van der Waals surface area contributed by atoms with E-state index < -0.39 is 4.92 Å². The lowest BCUT2D eigenvalue weighted by atomic mass is 10.1. The van der Waals surface area contributed by atoms with Gasteiger partial charge >= 0.3 is 0 Å². The fraction of sp³-hybridized carbons (Fsp3) is 0.538. The Hall–Kier alpha value is -1.66. The van der Waals surface area contributed by atoms with Crippen LogP contribution in [0.1, 0.15) is 12.5 Å². The zero-order valence-electron chi connectivity index (χ0n) is 11.1. The second-order valence-corrected chi connectivity index (χ2v) is 4.65. The van der Waals surface area contributed by atoms with Gasteiger partial charge in [-0.2, -0.15) is 0 Å². The number of nitrogens with zero attached hydrogens (tertiary/aromatic N) is 3. The third kappa shape index (κ3) is 3.02. The first kappa shape index (κ1) is 13.8. The molecule has 0 spiro atoms. The molecule has 2 rings (SSSR count). The van der Waals surface area contributed by atoms with E-state index >= 15 is 0 Å². The molecule has 1 aromatic rings. The summed E-state index contributed by atoms with van der Waals surface area (Å²) in [4.78, 5) is 14.9. The van der Waals surface area contributed by atoms with Gasteiger partial charge in [0, 0.05) is 49.6 Å². The molecule has 1 heterocycles. The molecule has 1 aliphatic rings. The number of aliphatic hydroxyl groups is 1. The van der Waals surface area contributed by atoms with Crippen LogP contribution in [0.4, 0.5) is 11.4 Å². The maximum Gasteiger partial charge on any atom is 0.269 e. The standard InChI is InChI=1S/C13H19N3O3/c1-2-14-5-7-15(8-6-14)13-4-3-12(16(18)19)9-11(13)10-17/h3-4,9,17H,2,5-8,10H2,1H3. The molecule has 1 aliphatic heterocycles. The number of piperazine rings is 1. The first-order valence-corrected chi connectivity index (χ1v) is 6.51. The number of non-ortho nitro benzene ring substituents is 1. The van der Waals surface area contributed by atoms with E-state index in [1.54, 1.807) is 6.07 Å². The van der Waals surface area contributed by atoms with Gasteiger partial charge in [0.15, 0.2) is 0 Å². The Kier molecular flexibility index (Phi) is 4.34. The van der Waals surface area contributed by atoms with E-state index in [4.69, 9.17) is 0 Å². The summed E-state index contributed by atoms with van der Waals surface area (Å²) >= 11 is 0. The Bertz CT molecular complexity index is 456. The number of anilines is 1. The number of rotatable bonds is 4. The molecule has 104 valence electrons. The molecule has 19 heavy (non-hydrogen) atoms. The molecule has 0 radical (unpaired) electrons. The van der Waals surface area contributed by atoms with Gasteiger partial charge < -0.3 is 14.9 Å². The number of likely N-dealkylation sites (N-methyl/N-ethyl adjacent to an activating group) is 1. The van der Waals surface area contributed by atoms with Crippen molar-refractivity contribution in [1.82, 2.24) is 4.90 Å². The normalized spacial score (nSPS) is 16.6. The van der Waals surface area contributed by atoms with Crippen LogP contribution in [0.15, 0.2) is 18.2 Å². The van der Waals surface area contributed by atoms with Gasteiger partial charge in [-0.3, -0.25) is 10.1 Å². The lowest BCUT2D eigenvalue weighted by Gasteiger charge is -2.36. The van der Waals surface area contributed by atoms with E-state index in [0.717, 1.165) is 38.4 Å². The van der Waals surface area contributed by atoms with Gasteiger partial charge in [0.1, 0.15) is 0 Å². The maximum absolute atomic E-state index is 10.7. The van der Waals surface area contributed by atoms with Crippen LogP contribution in [-0.4, -0.2) is 47.7 Å². The summed E-state index contributed by atoms with van der Waals surface area (Å²) in [6, 6.07) is 4.70. The summed E-state index contributed by atoms with van der Waals surface area (Å²) < 4.78 is 0. The van der Waals surface area contributed by atoms with Crippen molar-refractivity contribution in [2.75, 3.05) is 37.6 Å². The monoisotopic (exact) mass is 265 g/mol. The maximum atomic E-state index is 10.7. The molecule has 0 unspecified atom stereocenters. The van der Waals surface area contributed by atoms with Crippen LogP contribution >= 0.6 is 0 Å². The van der Waals surface area contributed by atoms with E-state index in [-0.39, 0.29) is 12.3 Å². The van der Waals surface area contributed by atoms with Crippen LogP contribution < -0.4 is 4.90 Å². The molecule has 6 nitrogen and oxygen atoms in total. The van der Waals surface area contributed by atoms with Crippen molar-refractivity contribution in [2.45, 2.75) is 13.5 Å². The van der Waals surface area contributed by atoms with E-state index in [0.29, 0.717) is 5.56 Å². The molecule has 1 N–H and O–H groups in total. The van der Waals surface area contributed by atoms with Gasteiger partial charge in [-0.15, -0.1) is 0 Å². The van der Waals surface area contributed by atoms with Crippen molar-refractivity contribution in [1.29, 1.82) is 0 Å². The van der Waals surface area contributed by atoms with Crippen molar-refractivity contribution in [3.05, 3.63) is 33.9 Å². The molecule has 1 aromatic carbocycles. The molecule has 0 atom stereocenters. The summed E-state index contributed by atoms with van der Waals surface area (Å²) in [5, 5.41) is 20.1. The first-order valence-electron chi connectivity index (χ1n) is 6.51. The predicted molar refractivity (Wildman–Crippen MR) is 73.3 cm³/mol. The Morgan fingerprint density at radius 2 is 2.00 bits per heavy atom. The van der Waals surface area contributed by atoms with Gasteiger partial charge in [0.2, 0.25) is 0 Å². The highest BCUT2D eigenvalue weighted by Gasteiger charge is 2.19. The SMILES string of the molecule is CCN1CCN(c2ccc([N+](=O)[O-])cc2CO)CC1. The van der Waals surface area contributed by atoms with Gasteiger partial charge in [-0.05, 0) is 12.6 Å². The van der Waals surface area contributed by atoms with Crippen molar-refractivity contribution in [3.63, 3.8) is 0 Å². The van der Waals surface area contributed by atoms with E-state index in [1.807, 2.05) is 0 Å². The van der Waals surface area contributed by atoms with Gasteiger partial charge in [-0.1, -0.05) is 6.92 Å². The molecule has 6 heteroatoms. The average Bonchev–Trinajstić information content (AvgIpc) is 2.46. The van der Waals surface area contributed by atoms with E-state index in [9.17, 15) is 15.2 Å². The molecule has 1 saturated heterocycles. The van der Waals surface area contributed by atoms with Crippen molar-refractivity contribution >= 4 is 11.4 Å². The minimum absolute atomic E-state index is 0.0278. The van der Waals surface area contributed by atoms with Gasteiger partial charge in [-0.25, -0.2) is 0 Å². The smallest absolute Gasteiger partial charge is 0.269 e. The molecule has 0 saturated carbocycles. The van der Waals surface area contributed by atoms with Gasteiger partial charge in [0.05, 0.1) is 11.5 Å². The number of nitro benzene ring substituents is 1. The fourth-order valence-corrected chi connectivity index (χ4v) is 2.43.